The first-order chi connectivity index (χ1) is 7.40. The fourth-order valence-corrected chi connectivity index (χ4v) is 1.62. The number of nitrogens with two attached hydrogens (primary N) is 1. The highest BCUT2D eigenvalue weighted by Crippen LogP contribution is 2.27. The van der Waals surface area contributed by atoms with Gasteiger partial charge in [-0.05, 0) is 25.0 Å². The number of aliphatic carboxylic acids is 1. The molecule has 0 saturated carbocycles. The lowest BCUT2D eigenvalue weighted by atomic mass is 9.94. The molecule has 1 aromatic carbocycles. The van der Waals surface area contributed by atoms with E-state index in [0.717, 1.165) is 0 Å². The summed E-state index contributed by atoms with van der Waals surface area (Å²) >= 11 is 0. The van der Waals surface area contributed by atoms with Crippen LogP contribution in [0.25, 0.3) is 0 Å². The van der Waals surface area contributed by atoms with E-state index in [-0.39, 0.29) is 17.7 Å². The van der Waals surface area contributed by atoms with Crippen molar-refractivity contribution in [2.75, 3.05) is 6.54 Å². The molecule has 0 aliphatic heterocycles. The van der Waals surface area contributed by atoms with Gasteiger partial charge in [0.15, 0.2) is 0 Å². The zero-order chi connectivity index (χ0) is 12.5. The molecule has 0 fully saturated rings. The number of carboxylic acid groups (broad SMARTS) is 1. The molecule has 5 heteroatoms. The normalized spacial score (nSPS) is 12.6. The van der Waals surface area contributed by atoms with E-state index >= 15 is 0 Å². The summed E-state index contributed by atoms with van der Waals surface area (Å²) in [5.74, 6) is -4.34. The summed E-state index contributed by atoms with van der Waals surface area (Å²) in [4.78, 5) is 10.8. The van der Waals surface area contributed by atoms with Crippen LogP contribution in [0.5, 0.6) is 0 Å². The van der Waals surface area contributed by atoms with Gasteiger partial charge in [0.25, 0.3) is 0 Å². The van der Waals surface area contributed by atoms with Gasteiger partial charge in [0.1, 0.15) is 11.6 Å². The summed E-state index contributed by atoms with van der Waals surface area (Å²) in [7, 11) is 0. The second-order valence-corrected chi connectivity index (χ2v) is 3.68. The van der Waals surface area contributed by atoms with Crippen molar-refractivity contribution in [3.63, 3.8) is 0 Å². The molecule has 0 saturated heterocycles. The standard InChI is InChI=1S/C11H13F2NO2/c1-5-3-6(2)10(13)8(9(5)12)7(4-14)11(15)16/h3,7H,4,14H2,1-2H3,(H,15,16). The van der Waals surface area contributed by atoms with Crippen molar-refractivity contribution in [1.82, 2.24) is 0 Å². The van der Waals surface area contributed by atoms with Gasteiger partial charge in [-0.25, -0.2) is 8.78 Å². The lowest BCUT2D eigenvalue weighted by Gasteiger charge is -2.15. The molecule has 0 aliphatic carbocycles. The lowest BCUT2D eigenvalue weighted by Crippen LogP contribution is -2.24. The Balaban J connectivity index is 3.47. The molecule has 0 radical (unpaired) electrons. The SMILES string of the molecule is Cc1cc(C)c(F)c(C(CN)C(=O)O)c1F. The van der Waals surface area contributed by atoms with Crippen LogP contribution >= 0.6 is 0 Å². The second kappa shape index (κ2) is 4.57. The first kappa shape index (κ1) is 12.6. The Labute approximate surface area is 91.9 Å². The van der Waals surface area contributed by atoms with Crippen LogP contribution < -0.4 is 5.73 Å². The smallest absolute Gasteiger partial charge is 0.312 e. The van der Waals surface area contributed by atoms with E-state index in [1.54, 1.807) is 0 Å². The minimum atomic E-state index is -1.35. The molecule has 0 aliphatic rings. The molecule has 88 valence electrons. The van der Waals surface area contributed by atoms with E-state index < -0.39 is 29.1 Å². The Morgan fingerprint density at radius 3 is 2.12 bits per heavy atom. The highest BCUT2D eigenvalue weighted by molar-refractivity contribution is 5.76. The Morgan fingerprint density at radius 1 is 1.38 bits per heavy atom. The van der Waals surface area contributed by atoms with Crippen LogP contribution in [0.15, 0.2) is 6.07 Å². The molecule has 0 amide bonds. The lowest BCUT2D eigenvalue weighted by molar-refractivity contribution is -0.138. The van der Waals surface area contributed by atoms with Gasteiger partial charge in [-0.2, -0.15) is 0 Å². The van der Waals surface area contributed by atoms with E-state index in [0.29, 0.717) is 0 Å². The van der Waals surface area contributed by atoms with Gasteiger partial charge in [-0.3, -0.25) is 4.79 Å². The molecule has 16 heavy (non-hydrogen) atoms. The third-order valence-electron chi connectivity index (χ3n) is 2.48. The molecular formula is C11H13F2NO2. The molecular weight excluding hydrogens is 216 g/mol. The van der Waals surface area contributed by atoms with E-state index in [1.807, 2.05) is 0 Å². The maximum atomic E-state index is 13.7. The van der Waals surface area contributed by atoms with Crippen LogP contribution in [0, 0.1) is 25.5 Å². The Bertz CT molecular complexity index is 406. The van der Waals surface area contributed by atoms with Crippen LogP contribution in [0.1, 0.15) is 22.6 Å². The minimum absolute atomic E-state index is 0.216. The zero-order valence-corrected chi connectivity index (χ0v) is 9.05. The average Bonchev–Trinajstić information content (AvgIpc) is 2.21. The average molecular weight is 229 g/mol. The van der Waals surface area contributed by atoms with Gasteiger partial charge in [-0.15, -0.1) is 0 Å². The van der Waals surface area contributed by atoms with Crippen LogP contribution in [0.4, 0.5) is 8.78 Å². The van der Waals surface area contributed by atoms with Gasteiger partial charge >= 0.3 is 5.97 Å². The maximum absolute atomic E-state index is 13.7. The number of rotatable bonds is 3. The van der Waals surface area contributed by atoms with Crippen molar-refractivity contribution >= 4 is 5.97 Å². The molecule has 1 aromatic rings. The predicted octanol–water partition coefficient (Wildman–Crippen LogP) is 1.71. The molecule has 1 atom stereocenters. The van der Waals surface area contributed by atoms with E-state index in [9.17, 15) is 13.6 Å². The monoisotopic (exact) mass is 229 g/mol. The predicted molar refractivity (Wildman–Crippen MR) is 55.3 cm³/mol. The molecule has 3 nitrogen and oxygen atoms in total. The Hall–Kier alpha value is -1.49. The molecule has 3 N–H and O–H groups in total. The number of aryl methyl sites for hydroxylation is 2. The van der Waals surface area contributed by atoms with Crippen molar-refractivity contribution in [2.45, 2.75) is 19.8 Å². The van der Waals surface area contributed by atoms with Crippen LogP contribution in [-0.4, -0.2) is 17.6 Å². The number of carbonyl (C=O) groups is 1. The highest BCUT2D eigenvalue weighted by atomic mass is 19.1. The molecule has 0 aromatic heterocycles. The van der Waals surface area contributed by atoms with E-state index in [2.05, 4.69) is 0 Å². The first-order valence-electron chi connectivity index (χ1n) is 4.78. The summed E-state index contributed by atoms with van der Waals surface area (Å²) in [6.45, 7) is 2.58. The quantitative estimate of drug-likeness (QED) is 0.829. The molecule has 1 rings (SSSR count). The third kappa shape index (κ3) is 2.04. The van der Waals surface area contributed by atoms with Gasteiger partial charge in [0.2, 0.25) is 0 Å². The van der Waals surface area contributed by atoms with Crippen molar-refractivity contribution in [3.05, 3.63) is 34.4 Å². The van der Waals surface area contributed by atoms with Gasteiger partial charge in [-0.1, -0.05) is 6.07 Å². The van der Waals surface area contributed by atoms with E-state index in [1.165, 1.54) is 19.9 Å². The summed E-state index contributed by atoms with van der Waals surface area (Å²) in [5, 5.41) is 8.84. The minimum Gasteiger partial charge on any atom is -0.481 e. The number of carboxylic acids is 1. The topological polar surface area (TPSA) is 63.3 Å². The zero-order valence-electron chi connectivity index (χ0n) is 9.05. The molecule has 0 heterocycles. The van der Waals surface area contributed by atoms with Gasteiger partial charge in [0, 0.05) is 12.1 Å². The molecule has 1 unspecified atom stereocenters. The number of hydrogen-bond donors (Lipinski definition) is 2. The summed E-state index contributed by atoms with van der Waals surface area (Å²) in [6, 6.07) is 1.34. The Kier molecular flexibility index (Phi) is 3.59. The third-order valence-corrected chi connectivity index (χ3v) is 2.48. The highest BCUT2D eigenvalue weighted by Gasteiger charge is 2.27. The summed E-state index contributed by atoms with van der Waals surface area (Å²) < 4.78 is 27.4. The van der Waals surface area contributed by atoms with Crippen molar-refractivity contribution < 1.29 is 18.7 Å². The summed E-state index contributed by atoms with van der Waals surface area (Å²) in [5.41, 5.74) is 5.21. The van der Waals surface area contributed by atoms with Crippen molar-refractivity contribution in [1.29, 1.82) is 0 Å². The van der Waals surface area contributed by atoms with Gasteiger partial charge < -0.3 is 10.8 Å². The number of benzene rings is 1. The fraction of sp³-hybridized carbons (Fsp3) is 0.364. The van der Waals surface area contributed by atoms with Crippen molar-refractivity contribution in [3.8, 4) is 0 Å². The van der Waals surface area contributed by atoms with E-state index in [4.69, 9.17) is 10.8 Å². The molecule has 0 bridgehead atoms. The second-order valence-electron chi connectivity index (χ2n) is 3.68. The largest absolute Gasteiger partial charge is 0.481 e. The summed E-state index contributed by atoms with van der Waals surface area (Å²) in [6.07, 6.45) is 0. The maximum Gasteiger partial charge on any atom is 0.312 e. The van der Waals surface area contributed by atoms with Crippen LogP contribution in [-0.2, 0) is 4.79 Å². The number of hydrogen-bond acceptors (Lipinski definition) is 2. The van der Waals surface area contributed by atoms with Crippen LogP contribution in [0.2, 0.25) is 0 Å². The first-order valence-corrected chi connectivity index (χ1v) is 4.78. The fourth-order valence-electron chi connectivity index (χ4n) is 1.62. The van der Waals surface area contributed by atoms with Gasteiger partial charge in [0.05, 0.1) is 5.92 Å². The van der Waals surface area contributed by atoms with Crippen molar-refractivity contribution in [2.24, 2.45) is 5.73 Å². The number of halogens is 2. The molecule has 0 spiro atoms. The van der Waals surface area contributed by atoms with Crippen LogP contribution in [0.3, 0.4) is 0 Å². The Morgan fingerprint density at radius 2 is 1.81 bits per heavy atom.